The predicted molar refractivity (Wildman–Crippen MR) is 82.4 cm³/mol. The largest absolute Gasteiger partial charge is 0.508 e. The van der Waals surface area contributed by atoms with Gasteiger partial charge in [-0.05, 0) is 36.4 Å². The molecule has 96 valence electrons. The topological polar surface area (TPSA) is 25.2 Å². The lowest BCUT2D eigenvalue weighted by Crippen LogP contribution is -1.92. The molecule has 0 atom stereocenters. The zero-order valence-corrected chi connectivity index (χ0v) is 10.8. The van der Waals surface area contributed by atoms with Crippen LogP contribution in [0.4, 0.5) is 0 Å². The predicted octanol–water partition coefficient (Wildman–Crippen LogP) is 4.49. The second-order valence-corrected chi connectivity index (χ2v) is 4.89. The zero-order chi connectivity index (χ0) is 13.5. The van der Waals surface area contributed by atoms with Crippen molar-refractivity contribution in [3.05, 3.63) is 72.8 Å². The van der Waals surface area contributed by atoms with E-state index in [1.165, 1.54) is 21.8 Å². The van der Waals surface area contributed by atoms with Crippen LogP contribution in [0.2, 0.25) is 0 Å². The molecular formula is C18H13NO. The van der Waals surface area contributed by atoms with Crippen LogP contribution in [0.3, 0.4) is 0 Å². The van der Waals surface area contributed by atoms with Crippen LogP contribution in [0, 0.1) is 0 Å². The van der Waals surface area contributed by atoms with Gasteiger partial charge in [0.2, 0.25) is 0 Å². The SMILES string of the molecule is Oc1ccc(-n2c3ccccc3c3ccccc32)cc1. The molecule has 0 amide bonds. The van der Waals surface area contributed by atoms with Gasteiger partial charge < -0.3 is 9.67 Å². The highest BCUT2D eigenvalue weighted by Gasteiger charge is 2.10. The number of nitrogens with zero attached hydrogens (tertiary/aromatic N) is 1. The summed E-state index contributed by atoms with van der Waals surface area (Å²) in [4.78, 5) is 0. The Labute approximate surface area is 116 Å². The molecule has 20 heavy (non-hydrogen) atoms. The van der Waals surface area contributed by atoms with Crippen LogP contribution in [0.1, 0.15) is 0 Å². The molecule has 0 saturated carbocycles. The summed E-state index contributed by atoms with van der Waals surface area (Å²) < 4.78 is 2.23. The van der Waals surface area contributed by atoms with Gasteiger partial charge in [-0.25, -0.2) is 0 Å². The van der Waals surface area contributed by atoms with Gasteiger partial charge in [0, 0.05) is 16.5 Å². The maximum atomic E-state index is 9.47. The average molecular weight is 259 g/mol. The molecule has 1 aromatic heterocycles. The van der Waals surface area contributed by atoms with Gasteiger partial charge in [-0.2, -0.15) is 0 Å². The Balaban J connectivity index is 2.17. The highest BCUT2D eigenvalue weighted by Crippen LogP contribution is 2.31. The summed E-state index contributed by atoms with van der Waals surface area (Å²) in [5, 5.41) is 12.0. The molecule has 0 aliphatic heterocycles. The van der Waals surface area contributed by atoms with Crippen LogP contribution in [-0.2, 0) is 0 Å². The van der Waals surface area contributed by atoms with E-state index < -0.39 is 0 Å². The van der Waals surface area contributed by atoms with E-state index in [9.17, 15) is 5.11 Å². The Morgan fingerprint density at radius 3 is 1.65 bits per heavy atom. The van der Waals surface area contributed by atoms with E-state index in [2.05, 4.69) is 53.1 Å². The monoisotopic (exact) mass is 259 g/mol. The molecule has 2 heteroatoms. The van der Waals surface area contributed by atoms with Gasteiger partial charge >= 0.3 is 0 Å². The molecule has 4 aromatic rings. The third-order valence-electron chi connectivity index (χ3n) is 3.69. The minimum absolute atomic E-state index is 0.287. The molecule has 1 N–H and O–H groups in total. The summed E-state index contributed by atoms with van der Waals surface area (Å²) in [6.45, 7) is 0. The summed E-state index contributed by atoms with van der Waals surface area (Å²) in [5.41, 5.74) is 3.42. The number of aromatic hydroxyl groups is 1. The summed E-state index contributed by atoms with van der Waals surface area (Å²) in [7, 11) is 0. The highest BCUT2D eigenvalue weighted by molar-refractivity contribution is 6.09. The third kappa shape index (κ3) is 1.51. The lowest BCUT2D eigenvalue weighted by molar-refractivity contribution is 0.475. The molecule has 2 nitrogen and oxygen atoms in total. The Hall–Kier alpha value is -2.74. The summed E-state index contributed by atoms with van der Waals surface area (Å²) in [5.74, 6) is 0.287. The number of hydrogen-bond donors (Lipinski definition) is 1. The second-order valence-electron chi connectivity index (χ2n) is 4.89. The van der Waals surface area contributed by atoms with Crippen LogP contribution in [0.15, 0.2) is 72.8 Å². The van der Waals surface area contributed by atoms with Crippen molar-refractivity contribution in [2.24, 2.45) is 0 Å². The van der Waals surface area contributed by atoms with E-state index in [1.54, 1.807) is 12.1 Å². The summed E-state index contributed by atoms with van der Waals surface area (Å²) in [6, 6.07) is 24.1. The highest BCUT2D eigenvalue weighted by atomic mass is 16.3. The number of fused-ring (bicyclic) bond motifs is 3. The Kier molecular flexibility index (Phi) is 2.30. The minimum Gasteiger partial charge on any atom is -0.508 e. The van der Waals surface area contributed by atoms with Crippen molar-refractivity contribution in [1.29, 1.82) is 0 Å². The van der Waals surface area contributed by atoms with Crippen molar-refractivity contribution in [1.82, 2.24) is 4.57 Å². The fourth-order valence-corrected chi connectivity index (χ4v) is 2.80. The van der Waals surface area contributed by atoms with E-state index in [4.69, 9.17) is 0 Å². The first kappa shape index (κ1) is 11.1. The van der Waals surface area contributed by atoms with Crippen molar-refractivity contribution in [3.63, 3.8) is 0 Å². The minimum atomic E-state index is 0.287. The molecule has 0 bridgehead atoms. The Morgan fingerprint density at radius 1 is 0.600 bits per heavy atom. The van der Waals surface area contributed by atoms with Gasteiger partial charge in [-0.1, -0.05) is 36.4 Å². The quantitative estimate of drug-likeness (QED) is 0.535. The van der Waals surface area contributed by atoms with Gasteiger partial charge in [-0.3, -0.25) is 0 Å². The average Bonchev–Trinajstić information content (AvgIpc) is 2.83. The van der Waals surface area contributed by atoms with Crippen molar-refractivity contribution in [2.45, 2.75) is 0 Å². The molecule has 0 aliphatic carbocycles. The van der Waals surface area contributed by atoms with E-state index in [0.717, 1.165) is 5.69 Å². The number of phenolic OH excluding ortho intramolecular Hbond substituents is 1. The maximum Gasteiger partial charge on any atom is 0.115 e. The normalized spacial score (nSPS) is 11.2. The summed E-state index contributed by atoms with van der Waals surface area (Å²) in [6.07, 6.45) is 0. The molecule has 3 aromatic carbocycles. The number of rotatable bonds is 1. The molecule has 0 fully saturated rings. The molecule has 0 aliphatic rings. The molecule has 0 spiro atoms. The van der Waals surface area contributed by atoms with Gasteiger partial charge in [0.25, 0.3) is 0 Å². The van der Waals surface area contributed by atoms with Crippen molar-refractivity contribution in [3.8, 4) is 11.4 Å². The van der Waals surface area contributed by atoms with E-state index in [1.807, 2.05) is 12.1 Å². The van der Waals surface area contributed by atoms with Crippen LogP contribution < -0.4 is 0 Å². The van der Waals surface area contributed by atoms with Gasteiger partial charge in [0.1, 0.15) is 5.75 Å². The van der Waals surface area contributed by atoms with Crippen molar-refractivity contribution < 1.29 is 5.11 Å². The summed E-state index contributed by atoms with van der Waals surface area (Å²) >= 11 is 0. The number of benzene rings is 3. The first-order chi connectivity index (χ1) is 9.84. The molecular weight excluding hydrogens is 246 g/mol. The number of aromatic nitrogens is 1. The first-order valence-electron chi connectivity index (χ1n) is 6.62. The van der Waals surface area contributed by atoms with Crippen molar-refractivity contribution >= 4 is 21.8 Å². The van der Waals surface area contributed by atoms with E-state index in [0.29, 0.717) is 0 Å². The van der Waals surface area contributed by atoms with Crippen LogP contribution in [0.5, 0.6) is 5.75 Å². The van der Waals surface area contributed by atoms with E-state index >= 15 is 0 Å². The van der Waals surface area contributed by atoms with Gasteiger partial charge in [0.05, 0.1) is 11.0 Å². The molecule has 1 heterocycles. The molecule has 0 saturated heterocycles. The second kappa shape index (κ2) is 4.14. The van der Waals surface area contributed by atoms with E-state index in [-0.39, 0.29) is 5.75 Å². The Bertz CT molecular complexity index is 850. The third-order valence-corrected chi connectivity index (χ3v) is 3.69. The van der Waals surface area contributed by atoms with Gasteiger partial charge in [0.15, 0.2) is 0 Å². The van der Waals surface area contributed by atoms with Crippen LogP contribution in [0.25, 0.3) is 27.5 Å². The lowest BCUT2D eigenvalue weighted by atomic mass is 10.2. The van der Waals surface area contributed by atoms with Crippen molar-refractivity contribution in [2.75, 3.05) is 0 Å². The fraction of sp³-hybridized carbons (Fsp3) is 0. The maximum absolute atomic E-state index is 9.47. The number of phenols is 1. The standard InChI is InChI=1S/C18H13NO/c20-14-11-9-13(10-12-14)19-17-7-3-1-5-15(17)16-6-2-4-8-18(16)19/h1-12,20H. The molecule has 4 rings (SSSR count). The molecule has 0 unspecified atom stereocenters. The number of para-hydroxylation sites is 2. The smallest absolute Gasteiger partial charge is 0.115 e. The first-order valence-corrected chi connectivity index (χ1v) is 6.62. The van der Waals surface area contributed by atoms with Gasteiger partial charge in [-0.15, -0.1) is 0 Å². The molecule has 0 radical (unpaired) electrons. The number of hydrogen-bond acceptors (Lipinski definition) is 1. The fourth-order valence-electron chi connectivity index (χ4n) is 2.80. The van der Waals surface area contributed by atoms with Crippen LogP contribution in [-0.4, -0.2) is 9.67 Å². The Morgan fingerprint density at radius 2 is 1.10 bits per heavy atom. The lowest BCUT2D eigenvalue weighted by Gasteiger charge is -2.07. The zero-order valence-electron chi connectivity index (χ0n) is 10.8. The van der Waals surface area contributed by atoms with Crippen LogP contribution >= 0.6 is 0 Å².